The number of thiazole rings is 1. The molecule has 0 unspecified atom stereocenters. The van der Waals surface area contributed by atoms with Crippen LogP contribution in [0.2, 0.25) is 0 Å². The molecule has 0 aliphatic rings. The Labute approximate surface area is 230 Å². The molecule has 0 aliphatic carbocycles. The molecule has 2 heterocycles. The normalized spacial score (nSPS) is 11.5. The van der Waals surface area contributed by atoms with E-state index in [2.05, 4.69) is 22.2 Å². The Morgan fingerprint density at radius 1 is 1.08 bits per heavy atom. The third kappa shape index (κ3) is 6.18. The minimum atomic E-state index is -0.365. The SMILES string of the molecule is CCCCOc1ccc(-c2csc(NC(=O)c3cc4cccc(OC)c4oc3=Nc3cccc(C)c3)n2)cc1. The maximum Gasteiger partial charge on any atom is 0.262 e. The molecule has 0 spiro atoms. The summed E-state index contributed by atoms with van der Waals surface area (Å²) in [6.45, 7) is 4.83. The van der Waals surface area contributed by atoms with Gasteiger partial charge in [0.25, 0.3) is 5.91 Å². The molecule has 0 radical (unpaired) electrons. The number of carbonyl (C=O) groups is 1. The van der Waals surface area contributed by atoms with Crippen LogP contribution < -0.4 is 20.3 Å². The summed E-state index contributed by atoms with van der Waals surface area (Å²) < 4.78 is 17.4. The summed E-state index contributed by atoms with van der Waals surface area (Å²) in [6.07, 6.45) is 2.11. The van der Waals surface area contributed by atoms with Gasteiger partial charge in [-0.1, -0.05) is 37.6 Å². The van der Waals surface area contributed by atoms with Gasteiger partial charge in [-0.25, -0.2) is 9.98 Å². The van der Waals surface area contributed by atoms with E-state index in [0.717, 1.165) is 40.8 Å². The molecule has 198 valence electrons. The van der Waals surface area contributed by atoms with Crippen molar-refractivity contribution >= 4 is 39.0 Å². The second kappa shape index (κ2) is 12.0. The standard InChI is InChI=1S/C31H29N3O4S/c1-4-5-16-37-24-14-12-21(13-15-24)26-19-39-31(33-26)34-29(35)25-18-22-9-7-11-27(36-3)28(22)38-30(25)32-23-10-6-8-20(2)17-23/h6-15,17-19H,4-5,16H2,1-3H3,(H,33,34,35). The lowest BCUT2D eigenvalue weighted by atomic mass is 10.1. The number of methoxy groups -OCH3 is 1. The summed E-state index contributed by atoms with van der Waals surface area (Å²) >= 11 is 1.35. The molecule has 39 heavy (non-hydrogen) atoms. The zero-order valence-electron chi connectivity index (χ0n) is 22.1. The minimum absolute atomic E-state index is 0.186. The van der Waals surface area contributed by atoms with E-state index >= 15 is 0 Å². The van der Waals surface area contributed by atoms with E-state index in [9.17, 15) is 4.79 Å². The number of nitrogens with one attached hydrogen (secondary N) is 1. The first-order chi connectivity index (χ1) is 19.0. The highest BCUT2D eigenvalue weighted by atomic mass is 32.1. The van der Waals surface area contributed by atoms with Crippen LogP contribution in [0.25, 0.3) is 22.2 Å². The van der Waals surface area contributed by atoms with Crippen molar-refractivity contribution in [3.8, 4) is 22.8 Å². The van der Waals surface area contributed by atoms with E-state index < -0.39 is 0 Å². The molecule has 1 N–H and O–H groups in total. The van der Waals surface area contributed by atoms with Crippen LogP contribution in [0.1, 0.15) is 35.7 Å². The number of unbranched alkanes of at least 4 members (excludes halogenated alkanes) is 1. The van der Waals surface area contributed by atoms with Crippen molar-refractivity contribution in [2.75, 3.05) is 19.0 Å². The number of nitrogens with zero attached hydrogens (tertiary/aromatic N) is 2. The van der Waals surface area contributed by atoms with Gasteiger partial charge in [0.2, 0.25) is 5.55 Å². The number of anilines is 1. The molecule has 8 heteroatoms. The number of rotatable bonds is 9. The molecule has 0 bridgehead atoms. The first-order valence-corrected chi connectivity index (χ1v) is 13.6. The average molecular weight is 540 g/mol. The molecule has 5 aromatic rings. The van der Waals surface area contributed by atoms with E-state index in [1.165, 1.54) is 11.3 Å². The van der Waals surface area contributed by atoms with Gasteiger partial charge < -0.3 is 13.9 Å². The van der Waals surface area contributed by atoms with Crippen molar-refractivity contribution < 1.29 is 18.7 Å². The van der Waals surface area contributed by atoms with Gasteiger partial charge in [-0.3, -0.25) is 10.1 Å². The van der Waals surface area contributed by atoms with Crippen molar-refractivity contribution in [3.63, 3.8) is 0 Å². The van der Waals surface area contributed by atoms with E-state index in [0.29, 0.717) is 34.3 Å². The molecule has 0 atom stereocenters. The molecular formula is C31H29N3O4S. The molecule has 1 amide bonds. The smallest absolute Gasteiger partial charge is 0.262 e. The zero-order chi connectivity index (χ0) is 27.2. The Morgan fingerprint density at radius 2 is 1.90 bits per heavy atom. The van der Waals surface area contributed by atoms with Crippen LogP contribution >= 0.6 is 11.3 Å². The van der Waals surface area contributed by atoms with Crippen LogP contribution in [-0.4, -0.2) is 24.6 Å². The Hall–Kier alpha value is -4.43. The number of benzene rings is 3. The van der Waals surface area contributed by atoms with E-state index in [1.54, 1.807) is 13.2 Å². The third-order valence-electron chi connectivity index (χ3n) is 6.08. The predicted molar refractivity (Wildman–Crippen MR) is 155 cm³/mol. The van der Waals surface area contributed by atoms with E-state index in [-0.39, 0.29) is 11.5 Å². The molecule has 0 fully saturated rings. The average Bonchev–Trinajstić information content (AvgIpc) is 3.41. The number of aryl methyl sites for hydroxylation is 1. The highest BCUT2D eigenvalue weighted by Crippen LogP contribution is 2.28. The van der Waals surface area contributed by atoms with Gasteiger partial charge in [0, 0.05) is 16.3 Å². The van der Waals surface area contributed by atoms with Gasteiger partial charge >= 0.3 is 0 Å². The maximum atomic E-state index is 13.5. The monoisotopic (exact) mass is 539 g/mol. The summed E-state index contributed by atoms with van der Waals surface area (Å²) in [5.74, 6) is 1.03. The van der Waals surface area contributed by atoms with Crippen molar-refractivity contribution in [3.05, 3.63) is 94.9 Å². The first kappa shape index (κ1) is 26.2. The van der Waals surface area contributed by atoms with Gasteiger partial charge in [0.05, 0.1) is 25.1 Å². The summed E-state index contributed by atoms with van der Waals surface area (Å²) in [7, 11) is 1.58. The largest absolute Gasteiger partial charge is 0.494 e. The van der Waals surface area contributed by atoms with Crippen molar-refractivity contribution in [1.82, 2.24) is 4.98 Å². The number of fused-ring (bicyclic) bond motifs is 1. The summed E-state index contributed by atoms with van der Waals surface area (Å²) in [4.78, 5) is 22.8. The lowest BCUT2D eigenvalue weighted by Crippen LogP contribution is -2.21. The molecule has 0 saturated carbocycles. The quantitative estimate of drug-likeness (QED) is 0.196. The molecule has 5 rings (SSSR count). The molecule has 0 saturated heterocycles. The lowest BCUT2D eigenvalue weighted by Gasteiger charge is -2.08. The summed E-state index contributed by atoms with van der Waals surface area (Å²) in [6, 6.07) is 22.8. The highest BCUT2D eigenvalue weighted by molar-refractivity contribution is 7.14. The second-order valence-corrected chi connectivity index (χ2v) is 9.87. The van der Waals surface area contributed by atoms with Crippen molar-refractivity contribution in [1.29, 1.82) is 0 Å². The van der Waals surface area contributed by atoms with Gasteiger partial charge in [-0.05, 0) is 67.4 Å². The number of aromatic nitrogens is 1. The summed E-state index contributed by atoms with van der Waals surface area (Å²) in [5, 5.41) is 6.03. The van der Waals surface area contributed by atoms with Crippen LogP contribution in [0.15, 0.2) is 87.6 Å². The molecule has 0 aliphatic heterocycles. The number of carbonyl (C=O) groups excluding carboxylic acids is 1. The first-order valence-electron chi connectivity index (χ1n) is 12.8. The van der Waals surface area contributed by atoms with Gasteiger partial charge in [-0.15, -0.1) is 11.3 Å². The fraction of sp³-hybridized carbons (Fsp3) is 0.194. The van der Waals surface area contributed by atoms with Crippen LogP contribution in [0.4, 0.5) is 10.8 Å². The Morgan fingerprint density at radius 3 is 2.67 bits per heavy atom. The fourth-order valence-corrected chi connectivity index (χ4v) is 4.75. The lowest BCUT2D eigenvalue weighted by molar-refractivity contribution is 0.102. The maximum absolute atomic E-state index is 13.5. The van der Waals surface area contributed by atoms with Crippen LogP contribution in [-0.2, 0) is 0 Å². The zero-order valence-corrected chi connectivity index (χ0v) is 22.9. The summed E-state index contributed by atoms with van der Waals surface area (Å²) in [5.41, 5.74) is 4.44. The third-order valence-corrected chi connectivity index (χ3v) is 6.83. The molecular weight excluding hydrogens is 510 g/mol. The van der Waals surface area contributed by atoms with Crippen LogP contribution in [0, 0.1) is 6.92 Å². The van der Waals surface area contributed by atoms with E-state index in [1.807, 2.05) is 79.0 Å². The number of amides is 1. The van der Waals surface area contributed by atoms with Gasteiger partial charge in [0.1, 0.15) is 11.3 Å². The minimum Gasteiger partial charge on any atom is -0.494 e. The number of hydrogen-bond acceptors (Lipinski definition) is 7. The number of para-hydroxylation sites is 1. The Balaban J connectivity index is 1.44. The van der Waals surface area contributed by atoms with Crippen LogP contribution in [0.5, 0.6) is 11.5 Å². The van der Waals surface area contributed by atoms with Crippen LogP contribution in [0.3, 0.4) is 0 Å². The number of ether oxygens (including phenoxy) is 2. The second-order valence-electron chi connectivity index (χ2n) is 9.01. The molecule has 3 aromatic carbocycles. The molecule has 7 nitrogen and oxygen atoms in total. The Bertz CT molecular complexity index is 1670. The van der Waals surface area contributed by atoms with E-state index in [4.69, 9.17) is 13.9 Å². The highest BCUT2D eigenvalue weighted by Gasteiger charge is 2.17. The van der Waals surface area contributed by atoms with Crippen molar-refractivity contribution in [2.45, 2.75) is 26.7 Å². The fourth-order valence-electron chi connectivity index (χ4n) is 4.03. The van der Waals surface area contributed by atoms with Crippen molar-refractivity contribution in [2.24, 2.45) is 4.99 Å². The predicted octanol–water partition coefficient (Wildman–Crippen LogP) is 7.54. The topological polar surface area (TPSA) is 86.0 Å². The van der Waals surface area contributed by atoms with Gasteiger partial charge in [-0.2, -0.15) is 0 Å². The Kier molecular flexibility index (Phi) is 8.03. The number of hydrogen-bond donors (Lipinski definition) is 1. The molecule has 2 aromatic heterocycles. The van der Waals surface area contributed by atoms with Gasteiger partial charge in [0.15, 0.2) is 16.5 Å².